The minimum atomic E-state index is -0.132. The summed E-state index contributed by atoms with van der Waals surface area (Å²) in [5.74, 6) is 0. The van der Waals surface area contributed by atoms with Crippen LogP contribution in [0.1, 0.15) is 11.1 Å². The Morgan fingerprint density at radius 3 is 1.31 bits per heavy atom. The summed E-state index contributed by atoms with van der Waals surface area (Å²) in [6.07, 6.45) is -0.264. The van der Waals surface area contributed by atoms with Gasteiger partial charge in [0.05, 0.1) is 22.8 Å². The van der Waals surface area contributed by atoms with Crippen molar-refractivity contribution in [2.45, 2.75) is 12.3 Å². The highest BCUT2D eigenvalue weighted by atomic mass is 15.3. The second-order valence-electron chi connectivity index (χ2n) is 6.41. The predicted octanol–water partition coefficient (Wildman–Crippen LogP) is 4.17. The van der Waals surface area contributed by atoms with Crippen molar-refractivity contribution in [3.63, 3.8) is 0 Å². The normalized spacial score (nSPS) is 20.6. The highest BCUT2D eigenvalue weighted by Crippen LogP contribution is 2.31. The van der Waals surface area contributed by atoms with E-state index in [1.54, 1.807) is 0 Å². The van der Waals surface area contributed by atoms with E-state index in [1.165, 1.54) is 0 Å². The molecule has 2 aliphatic heterocycles. The molecule has 2 unspecified atom stereocenters. The van der Waals surface area contributed by atoms with Crippen LogP contribution in [-0.4, -0.2) is 23.8 Å². The van der Waals surface area contributed by atoms with Gasteiger partial charge in [-0.3, -0.25) is 9.98 Å². The number of fused-ring (bicyclic) bond motifs is 2. The third-order valence-corrected chi connectivity index (χ3v) is 4.69. The third-order valence-electron chi connectivity index (χ3n) is 4.69. The molecule has 0 radical (unpaired) electrons. The lowest BCUT2D eigenvalue weighted by molar-refractivity contribution is 0.615. The monoisotopic (exact) mass is 338 g/mol. The fourth-order valence-corrected chi connectivity index (χ4v) is 3.43. The van der Waals surface area contributed by atoms with Gasteiger partial charge in [-0.05, 0) is 12.1 Å². The minimum absolute atomic E-state index is 0.132. The number of benzene rings is 3. The molecule has 0 amide bonds. The van der Waals surface area contributed by atoms with Crippen LogP contribution in [0.3, 0.4) is 0 Å². The molecule has 4 heteroatoms. The summed E-state index contributed by atoms with van der Waals surface area (Å²) in [4.78, 5) is 10.1. The zero-order chi connectivity index (χ0) is 17.3. The lowest BCUT2D eigenvalue weighted by atomic mass is 9.97. The van der Waals surface area contributed by atoms with Crippen molar-refractivity contribution in [3.05, 3.63) is 96.1 Å². The van der Waals surface area contributed by atoms with Crippen LogP contribution in [0.25, 0.3) is 0 Å². The van der Waals surface area contributed by atoms with Gasteiger partial charge in [-0.2, -0.15) is 0 Å². The predicted molar refractivity (Wildman–Crippen MR) is 107 cm³/mol. The van der Waals surface area contributed by atoms with Gasteiger partial charge in [0.1, 0.15) is 0 Å². The number of aliphatic imine (C=N–C) groups is 2. The zero-order valence-corrected chi connectivity index (χ0v) is 14.1. The van der Waals surface area contributed by atoms with Crippen LogP contribution in [0.15, 0.2) is 94.9 Å². The Kier molecular flexibility index (Phi) is 3.53. The topological polar surface area (TPSA) is 48.8 Å². The second-order valence-corrected chi connectivity index (χ2v) is 6.41. The molecule has 0 bridgehead atoms. The number of hydrogen-bond donors (Lipinski definition) is 2. The molecule has 0 fully saturated rings. The van der Waals surface area contributed by atoms with Crippen LogP contribution >= 0.6 is 0 Å². The van der Waals surface area contributed by atoms with Gasteiger partial charge in [0.15, 0.2) is 12.3 Å². The molecule has 4 nitrogen and oxygen atoms in total. The van der Waals surface area contributed by atoms with Crippen molar-refractivity contribution in [2.75, 3.05) is 10.6 Å². The highest BCUT2D eigenvalue weighted by Gasteiger charge is 2.32. The third kappa shape index (κ3) is 2.56. The first kappa shape index (κ1) is 14.9. The minimum Gasteiger partial charge on any atom is -0.359 e. The van der Waals surface area contributed by atoms with E-state index in [-0.39, 0.29) is 12.3 Å². The van der Waals surface area contributed by atoms with Crippen LogP contribution in [0, 0.1) is 0 Å². The van der Waals surface area contributed by atoms with Gasteiger partial charge in [0, 0.05) is 11.1 Å². The quantitative estimate of drug-likeness (QED) is 0.737. The summed E-state index contributed by atoms with van der Waals surface area (Å²) < 4.78 is 0. The second kappa shape index (κ2) is 6.15. The molecule has 0 aliphatic carbocycles. The molecule has 5 rings (SSSR count). The van der Waals surface area contributed by atoms with E-state index in [0.29, 0.717) is 0 Å². The van der Waals surface area contributed by atoms with Crippen molar-refractivity contribution in [3.8, 4) is 0 Å². The molecule has 2 N–H and O–H groups in total. The first-order valence-electron chi connectivity index (χ1n) is 8.77. The van der Waals surface area contributed by atoms with Crippen LogP contribution in [0.2, 0.25) is 0 Å². The van der Waals surface area contributed by atoms with Gasteiger partial charge in [-0.1, -0.05) is 72.8 Å². The Labute approximate surface area is 152 Å². The molecule has 0 saturated heterocycles. The molecule has 126 valence electrons. The average Bonchev–Trinajstić information content (AvgIpc) is 2.72. The molecule has 0 aromatic heterocycles. The van der Waals surface area contributed by atoms with E-state index in [0.717, 1.165) is 33.9 Å². The van der Waals surface area contributed by atoms with Gasteiger partial charge < -0.3 is 10.6 Å². The van der Waals surface area contributed by atoms with E-state index in [4.69, 9.17) is 9.98 Å². The molecule has 3 aromatic rings. The van der Waals surface area contributed by atoms with E-state index in [9.17, 15) is 0 Å². The van der Waals surface area contributed by atoms with Crippen molar-refractivity contribution in [1.29, 1.82) is 0 Å². The van der Waals surface area contributed by atoms with E-state index in [1.807, 2.05) is 48.5 Å². The van der Waals surface area contributed by atoms with Gasteiger partial charge in [0.2, 0.25) is 0 Å². The number of hydrogen-bond acceptors (Lipinski definition) is 4. The largest absolute Gasteiger partial charge is 0.359 e. The van der Waals surface area contributed by atoms with E-state index < -0.39 is 0 Å². The molecule has 0 spiro atoms. The molecule has 3 aromatic carbocycles. The summed E-state index contributed by atoms with van der Waals surface area (Å²) in [5.41, 5.74) is 6.12. The molecule has 0 saturated carbocycles. The SMILES string of the molecule is c1ccc(C2=NC3Nc4ccccc4NC3N=C2c2ccccc2)cc1. The van der Waals surface area contributed by atoms with Gasteiger partial charge >= 0.3 is 0 Å². The lowest BCUT2D eigenvalue weighted by Gasteiger charge is -2.35. The zero-order valence-electron chi connectivity index (χ0n) is 14.1. The molecular weight excluding hydrogens is 320 g/mol. The Morgan fingerprint density at radius 1 is 0.500 bits per heavy atom. The van der Waals surface area contributed by atoms with Gasteiger partial charge in [-0.25, -0.2) is 0 Å². The average molecular weight is 338 g/mol. The first-order valence-corrected chi connectivity index (χ1v) is 8.77. The number of rotatable bonds is 2. The molecule has 2 heterocycles. The number of nitrogens with zero attached hydrogens (tertiary/aromatic N) is 2. The maximum absolute atomic E-state index is 5.04. The Bertz CT molecular complexity index is 910. The lowest BCUT2D eigenvalue weighted by Crippen LogP contribution is -2.45. The Hall–Kier alpha value is -3.40. The van der Waals surface area contributed by atoms with Gasteiger partial charge in [0.25, 0.3) is 0 Å². The van der Waals surface area contributed by atoms with Crippen molar-refractivity contribution in [1.82, 2.24) is 0 Å². The number of para-hydroxylation sites is 2. The summed E-state index contributed by atoms with van der Waals surface area (Å²) in [5, 5.41) is 7.03. The van der Waals surface area contributed by atoms with Crippen LogP contribution in [0.5, 0.6) is 0 Å². The van der Waals surface area contributed by atoms with Crippen molar-refractivity contribution >= 4 is 22.8 Å². The fraction of sp³-hybridized carbons (Fsp3) is 0.0909. The summed E-state index contributed by atoms with van der Waals surface area (Å²) >= 11 is 0. The molecule has 26 heavy (non-hydrogen) atoms. The maximum atomic E-state index is 5.04. The molecule has 2 atom stereocenters. The van der Waals surface area contributed by atoms with E-state index >= 15 is 0 Å². The van der Waals surface area contributed by atoms with Crippen molar-refractivity contribution < 1.29 is 0 Å². The Balaban J connectivity index is 1.63. The Morgan fingerprint density at radius 2 is 0.885 bits per heavy atom. The number of anilines is 2. The number of nitrogens with one attached hydrogen (secondary N) is 2. The maximum Gasteiger partial charge on any atom is 0.160 e. The fourth-order valence-electron chi connectivity index (χ4n) is 3.43. The van der Waals surface area contributed by atoms with Crippen LogP contribution < -0.4 is 10.6 Å². The summed E-state index contributed by atoms with van der Waals surface area (Å²) in [6.45, 7) is 0. The summed E-state index contributed by atoms with van der Waals surface area (Å²) in [6, 6.07) is 28.7. The van der Waals surface area contributed by atoms with Gasteiger partial charge in [-0.15, -0.1) is 0 Å². The summed E-state index contributed by atoms with van der Waals surface area (Å²) in [7, 11) is 0. The van der Waals surface area contributed by atoms with Crippen molar-refractivity contribution in [2.24, 2.45) is 9.98 Å². The smallest absolute Gasteiger partial charge is 0.160 e. The van der Waals surface area contributed by atoms with Crippen LogP contribution in [0.4, 0.5) is 11.4 Å². The van der Waals surface area contributed by atoms with Crippen LogP contribution in [-0.2, 0) is 0 Å². The molecule has 2 aliphatic rings. The first-order chi connectivity index (χ1) is 12.9. The molecular formula is C22H18N4. The van der Waals surface area contributed by atoms with E-state index in [2.05, 4.69) is 47.0 Å². The standard InChI is InChI=1S/C22H18N4/c1-3-9-15(10-4-1)19-20(16-11-5-2-6-12-16)26-22-21(25-19)23-17-13-7-8-14-18(17)24-22/h1-14,21-24H. The highest BCUT2D eigenvalue weighted by molar-refractivity contribution is 6.54.